The minimum absolute atomic E-state index is 0.477. The quantitative estimate of drug-likeness (QED) is 0.747. The Labute approximate surface area is 102 Å². The molecule has 2 saturated carbocycles. The molecule has 2 fully saturated rings. The summed E-state index contributed by atoms with van der Waals surface area (Å²) in [4.78, 5) is 0. The molecule has 0 aromatic rings. The Bertz CT molecular complexity index is 171. The SMILES string of the molecule is [O-][S+](NC1CCCCC1)NC1CCCCC1. The van der Waals surface area contributed by atoms with Crippen LogP contribution in [0.3, 0.4) is 0 Å². The van der Waals surface area contributed by atoms with E-state index < -0.39 is 11.5 Å². The van der Waals surface area contributed by atoms with Gasteiger partial charge < -0.3 is 4.55 Å². The van der Waals surface area contributed by atoms with E-state index in [4.69, 9.17) is 0 Å². The highest BCUT2D eigenvalue weighted by molar-refractivity contribution is 7.87. The Morgan fingerprint density at radius 1 is 0.688 bits per heavy atom. The smallest absolute Gasteiger partial charge is 0.135 e. The lowest BCUT2D eigenvalue weighted by Crippen LogP contribution is -2.47. The van der Waals surface area contributed by atoms with Crippen LogP contribution in [0.2, 0.25) is 0 Å². The van der Waals surface area contributed by atoms with Crippen LogP contribution in [0.5, 0.6) is 0 Å². The van der Waals surface area contributed by atoms with E-state index in [1.54, 1.807) is 0 Å². The van der Waals surface area contributed by atoms with Crippen molar-refractivity contribution in [1.82, 2.24) is 9.44 Å². The van der Waals surface area contributed by atoms with E-state index in [1.807, 2.05) is 0 Å². The summed E-state index contributed by atoms with van der Waals surface area (Å²) in [5, 5.41) is 0. The van der Waals surface area contributed by atoms with Crippen molar-refractivity contribution in [3.05, 3.63) is 0 Å². The molecule has 3 nitrogen and oxygen atoms in total. The molecule has 0 aromatic carbocycles. The molecule has 0 unspecified atom stereocenters. The first-order valence-corrected chi connectivity index (χ1v) is 7.94. The fourth-order valence-electron chi connectivity index (χ4n) is 2.78. The number of hydrogen-bond acceptors (Lipinski definition) is 3. The topological polar surface area (TPSA) is 47.1 Å². The molecule has 0 heterocycles. The van der Waals surface area contributed by atoms with Crippen LogP contribution in [0.15, 0.2) is 0 Å². The van der Waals surface area contributed by atoms with E-state index in [0.717, 1.165) is 0 Å². The summed E-state index contributed by atoms with van der Waals surface area (Å²) >= 11 is -1.02. The van der Waals surface area contributed by atoms with Gasteiger partial charge in [-0.2, -0.15) is 0 Å². The minimum Gasteiger partial charge on any atom is -0.579 e. The van der Waals surface area contributed by atoms with Crippen molar-refractivity contribution in [2.75, 3.05) is 0 Å². The van der Waals surface area contributed by atoms with E-state index in [9.17, 15) is 4.55 Å². The van der Waals surface area contributed by atoms with Crippen molar-refractivity contribution in [3.8, 4) is 0 Å². The molecule has 94 valence electrons. The van der Waals surface area contributed by atoms with Crippen molar-refractivity contribution in [2.45, 2.75) is 76.3 Å². The van der Waals surface area contributed by atoms with Crippen LogP contribution in [-0.4, -0.2) is 16.6 Å². The maximum Gasteiger partial charge on any atom is 0.135 e. The summed E-state index contributed by atoms with van der Waals surface area (Å²) in [6, 6.07) is 0.955. The molecule has 16 heavy (non-hydrogen) atoms. The highest BCUT2D eigenvalue weighted by atomic mass is 32.2. The molecular formula is C12H24N2OS. The summed E-state index contributed by atoms with van der Waals surface area (Å²) < 4.78 is 18.3. The highest BCUT2D eigenvalue weighted by Crippen LogP contribution is 2.20. The Kier molecular flexibility index (Phi) is 5.42. The second kappa shape index (κ2) is 6.84. The molecule has 0 spiro atoms. The van der Waals surface area contributed by atoms with Gasteiger partial charge in [0.1, 0.15) is 11.5 Å². The van der Waals surface area contributed by atoms with Gasteiger partial charge in [0, 0.05) is 0 Å². The first-order valence-electron chi connectivity index (χ1n) is 6.79. The molecule has 0 aliphatic heterocycles. The van der Waals surface area contributed by atoms with Gasteiger partial charge in [-0.1, -0.05) is 38.5 Å². The summed E-state index contributed by atoms with van der Waals surface area (Å²) in [6.45, 7) is 0. The first-order chi connectivity index (χ1) is 7.84. The molecule has 2 aliphatic rings. The van der Waals surface area contributed by atoms with Gasteiger partial charge >= 0.3 is 0 Å². The first kappa shape index (κ1) is 12.7. The Morgan fingerprint density at radius 2 is 1.06 bits per heavy atom. The van der Waals surface area contributed by atoms with Gasteiger partial charge in [0.2, 0.25) is 0 Å². The molecule has 0 radical (unpaired) electrons. The maximum absolute atomic E-state index is 11.9. The minimum atomic E-state index is -1.02. The third-order valence-electron chi connectivity index (χ3n) is 3.76. The lowest BCUT2D eigenvalue weighted by atomic mass is 9.96. The van der Waals surface area contributed by atoms with Gasteiger partial charge in [0.25, 0.3) is 0 Å². The average molecular weight is 244 g/mol. The van der Waals surface area contributed by atoms with E-state index in [2.05, 4.69) is 9.44 Å². The van der Waals surface area contributed by atoms with Crippen molar-refractivity contribution < 1.29 is 4.55 Å². The molecule has 0 atom stereocenters. The van der Waals surface area contributed by atoms with Gasteiger partial charge in [-0.3, -0.25) is 0 Å². The van der Waals surface area contributed by atoms with Gasteiger partial charge in [0.05, 0.1) is 12.1 Å². The normalized spacial score (nSPS) is 25.1. The van der Waals surface area contributed by atoms with Crippen molar-refractivity contribution >= 4 is 11.5 Å². The molecular weight excluding hydrogens is 220 g/mol. The average Bonchev–Trinajstić information content (AvgIpc) is 2.31. The van der Waals surface area contributed by atoms with Gasteiger partial charge in [0.15, 0.2) is 0 Å². The molecule has 2 rings (SSSR count). The number of rotatable bonds is 4. The predicted molar refractivity (Wildman–Crippen MR) is 68.2 cm³/mol. The predicted octanol–water partition coefficient (Wildman–Crippen LogP) is 2.41. The van der Waals surface area contributed by atoms with Gasteiger partial charge in [-0.15, -0.1) is 9.44 Å². The molecule has 0 amide bonds. The lowest BCUT2D eigenvalue weighted by molar-refractivity contribution is 0.390. The second-order valence-electron chi connectivity index (χ2n) is 5.17. The van der Waals surface area contributed by atoms with Gasteiger partial charge in [-0.25, -0.2) is 0 Å². The molecule has 0 saturated heterocycles. The molecule has 2 aliphatic carbocycles. The zero-order valence-corrected chi connectivity index (χ0v) is 10.9. The molecule has 0 aromatic heterocycles. The Morgan fingerprint density at radius 3 is 1.44 bits per heavy atom. The van der Waals surface area contributed by atoms with Gasteiger partial charge in [-0.05, 0) is 25.7 Å². The van der Waals surface area contributed by atoms with Crippen molar-refractivity contribution in [1.29, 1.82) is 0 Å². The van der Waals surface area contributed by atoms with E-state index in [1.165, 1.54) is 64.2 Å². The highest BCUT2D eigenvalue weighted by Gasteiger charge is 2.23. The van der Waals surface area contributed by atoms with E-state index in [-0.39, 0.29) is 0 Å². The van der Waals surface area contributed by atoms with Crippen LogP contribution >= 0.6 is 0 Å². The van der Waals surface area contributed by atoms with Crippen molar-refractivity contribution in [2.24, 2.45) is 0 Å². The fourth-order valence-corrected chi connectivity index (χ4v) is 3.92. The standard InChI is InChI=1S/C12H24N2OS/c15-16(13-11-7-3-1-4-8-11)14-12-9-5-2-6-10-12/h11-14H,1-10H2. The fraction of sp³-hybridized carbons (Fsp3) is 1.00. The molecule has 2 N–H and O–H groups in total. The third kappa shape index (κ3) is 4.24. The van der Waals surface area contributed by atoms with Crippen molar-refractivity contribution in [3.63, 3.8) is 0 Å². The number of nitrogens with one attached hydrogen (secondary N) is 2. The summed E-state index contributed by atoms with van der Waals surface area (Å²) in [5.41, 5.74) is 0. The van der Waals surface area contributed by atoms with Crippen LogP contribution in [-0.2, 0) is 11.5 Å². The summed E-state index contributed by atoms with van der Waals surface area (Å²) in [7, 11) is 0. The second-order valence-corrected chi connectivity index (χ2v) is 6.18. The Balaban J connectivity index is 1.64. The van der Waals surface area contributed by atoms with Crippen LogP contribution in [0, 0.1) is 0 Å². The summed E-state index contributed by atoms with van der Waals surface area (Å²) in [6.07, 6.45) is 12.6. The van der Waals surface area contributed by atoms with E-state index >= 15 is 0 Å². The van der Waals surface area contributed by atoms with Crippen LogP contribution in [0.25, 0.3) is 0 Å². The third-order valence-corrected chi connectivity index (χ3v) is 4.85. The Hall–Kier alpha value is 0.230. The molecule has 0 bridgehead atoms. The van der Waals surface area contributed by atoms with Crippen LogP contribution in [0.4, 0.5) is 0 Å². The monoisotopic (exact) mass is 244 g/mol. The van der Waals surface area contributed by atoms with Crippen LogP contribution in [0.1, 0.15) is 64.2 Å². The zero-order chi connectivity index (χ0) is 11.2. The number of hydrogen-bond donors (Lipinski definition) is 2. The van der Waals surface area contributed by atoms with E-state index in [0.29, 0.717) is 12.1 Å². The molecule has 4 heteroatoms. The maximum atomic E-state index is 11.9. The zero-order valence-electron chi connectivity index (χ0n) is 10.0. The largest absolute Gasteiger partial charge is 0.579 e. The van der Waals surface area contributed by atoms with Crippen LogP contribution < -0.4 is 9.44 Å². The summed E-state index contributed by atoms with van der Waals surface area (Å²) in [5.74, 6) is 0. The lowest BCUT2D eigenvalue weighted by Gasteiger charge is -2.26.